The van der Waals surface area contributed by atoms with Crippen molar-refractivity contribution in [2.24, 2.45) is 0 Å². The van der Waals surface area contributed by atoms with Crippen molar-refractivity contribution in [2.45, 2.75) is 19.8 Å². The zero-order valence-corrected chi connectivity index (χ0v) is 14.2. The summed E-state index contributed by atoms with van der Waals surface area (Å²) in [5.41, 5.74) is 2.19. The molecule has 2 rings (SSSR count). The van der Waals surface area contributed by atoms with Crippen molar-refractivity contribution >= 4 is 21.8 Å². The molecule has 0 spiro atoms. The number of rotatable bonds is 7. The molecule has 0 aliphatic heterocycles. The molecule has 3 nitrogen and oxygen atoms in total. The van der Waals surface area contributed by atoms with Gasteiger partial charge in [0.2, 0.25) is 5.91 Å². The standard InChI is InChI=1S/C18H20BrNO2/c1-2-22-16-9-7-14(8-10-16)13-18(21)20-12-11-15-5-3-4-6-17(15)19/h3-10H,2,11-13H2,1H3,(H,20,21). The Labute approximate surface area is 139 Å². The van der Waals surface area contributed by atoms with Crippen molar-refractivity contribution in [2.75, 3.05) is 13.2 Å². The molecule has 0 bridgehead atoms. The fraction of sp³-hybridized carbons (Fsp3) is 0.278. The second kappa shape index (κ2) is 8.59. The molecule has 0 heterocycles. The van der Waals surface area contributed by atoms with Crippen LogP contribution in [0.15, 0.2) is 53.0 Å². The minimum Gasteiger partial charge on any atom is -0.494 e. The van der Waals surface area contributed by atoms with Gasteiger partial charge in [0.15, 0.2) is 0 Å². The van der Waals surface area contributed by atoms with E-state index in [9.17, 15) is 4.79 Å². The van der Waals surface area contributed by atoms with Crippen LogP contribution in [0.3, 0.4) is 0 Å². The zero-order chi connectivity index (χ0) is 15.8. The SMILES string of the molecule is CCOc1ccc(CC(=O)NCCc2ccccc2Br)cc1. The third-order valence-corrected chi connectivity index (χ3v) is 4.05. The molecule has 0 unspecified atom stereocenters. The van der Waals surface area contributed by atoms with Gasteiger partial charge in [-0.25, -0.2) is 0 Å². The van der Waals surface area contributed by atoms with Gasteiger partial charge in [0.05, 0.1) is 13.0 Å². The van der Waals surface area contributed by atoms with Crippen molar-refractivity contribution in [3.05, 3.63) is 64.1 Å². The van der Waals surface area contributed by atoms with Gasteiger partial charge < -0.3 is 10.1 Å². The molecule has 0 saturated heterocycles. The van der Waals surface area contributed by atoms with Gasteiger partial charge in [-0.1, -0.05) is 46.3 Å². The first-order valence-electron chi connectivity index (χ1n) is 7.41. The van der Waals surface area contributed by atoms with Crippen LogP contribution in [0.4, 0.5) is 0 Å². The van der Waals surface area contributed by atoms with E-state index in [1.54, 1.807) is 0 Å². The normalized spacial score (nSPS) is 10.3. The quantitative estimate of drug-likeness (QED) is 0.815. The molecular formula is C18H20BrNO2. The maximum absolute atomic E-state index is 11.9. The maximum Gasteiger partial charge on any atom is 0.224 e. The number of ether oxygens (including phenoxy) is 1. The molecule has 2 aromatic rings. The van der Waals surface area contributed by atoms with Gasteiger partial charge in [-0.05, 0) is 42.7 Å². The van der Waals surface area contributed by atoms with Crippen molar-refractivity contribution in [3.63, 3.8) is 0 Å². The first-order chi connectivity index (χ1) is 10.7. The van der Waals surface area contributed by atoms with Crippen LogP contribution in [0.25, 0.3) is 0 Å². The summed E-state index contributed by atoms with van der Waals surface area (Å²) in [7, 11) is 0. The molecule has 0 fully saturated rings. The van der Waals surface area contributed by atoms with Gasteiger partial charge in [0.25, 0.3) is 0 Å². The van der Waals surface area contributed by atoms with E-state index in [0.717, 1.165) is 22.2 Å². The Morgan fingerprint density at radius 3 is 2.55 bits per heavy atom. The summed E-state index contributed by atoms with van der Waals surface area (Å²) < 4.78 is 6.47. The fourth-order valence-corrected chi connectivity index (χ4v) is 2.64. The van der Waals surface area contributed by atoms with Crippen LogP contribution in [0, 0.1) is 0 Å². The molecule has 1 amide bonds. The number of carbonyl (C=O) groups is 1. The first-order valence-corrected chi connectivity index (χ1v) is 8.20. The first kappa shape index (κ1) is 16.6. The van der Waals surface area contributed by atoms with E-state index in [1.165, 1.54) is 5.56 Å². The third kappa shape index (κ3) is 5.19. The van der Waals surface area contributed by atoms with Crippen LogP contribution in [-0.2, 0) is 17.6 Å². The Kier molecular flexibility index (Phi) is 6.46. The number of amides is 1. The average molecular weight is 362 g/mol. The highest BCUT2D eigenvalue weighted by Crippen LogP contribution is 2.16. The zero-order valence-electron chi connectivity index (χ0n) is 12.6. The Morgan fingerprint density at radius 2 is 1.86 bits per heavy atom. The predicted octanol–water partition coefficient (Wildman–Crippen LogP) is 3.75. The van der Waals surface area contributed by atoms with Gasteiger partial charge >= 0.3 is 0 Å². The van der Waals surface area contributed by atoms with Gasteiger partial charge in [-0.2, -0.15) is 0 Å². The lowest BCUT2D eigenvalue weighted by Crippen LogP contribution is -2.27. The summed E-state index contributed by atoms with van der Waals surface area (Å²) in [6, 6.07) is 15.7. The van der Waals surface area contributed by atoms with Gasteiger partial charge in [-0.15, -0.1) is 0 Å². The minimum atomic E-state index is 0.0382. The van der Waals surface area contributed by atoms with Crippen molar-refractivity contribution in [3.8, 4) is 5.75 Å². The van der Waals surface area contributed by atoms with Crippen LogP contribution >= 0.6 is 15.9 Å². The van der Waals surface area contributed by atoms with Crippen LogP contribution in [0.2, 0.25) is 0 Å². The summed E-state index contributed by atoms with van der Waals surface area (Å²) in [5, 5.41) is 2.96. The van der Waals surface area contributed by atoms with Crippen molar-refractivity contribution in [1.29, 1.82) is 0 Å². The lowest BCUT2D eigenvalue weighted by Gasteiger charge is -2.08. The number of nitrogens with one attached hydrogen (secondary N) is 1. The number of halogens is 1. The van der Waals surface area contributed by atoms with E-state index in [-0.39, 0.29) is 5.91 Å². The monoisotopic (exact) mass is 361 g/mol. The van der Waals surface area contributed by atoms with Crippen LogP contribution in [-0.4, -0.2) is 19.1 Å². The van der Waals surface area contributed by atoms with Crippen LogP contribution in [0.5, 0.6) is 5.75 Å². The largest absolute Gasteiger partial charge is 0.494 e. The second-order valence-electron chi connectivity index (χ2n) is 4.95. The topological polar surface area (TPSA) is 38.3 Å². The van der Waals surface area contributed by atoms with Crippen LogP contribution < -0.4 is 10.1 Å². The number of hydrogen-bond acceptors (Lipinski definition) is 2. The van der Waals surface area contributed by atoms with E-state index in [2.05, 4.69) is 27.3 Å². The predicted molar refractivity (Wildman–Crippen MR) is 92.2 cm³/mol. The molecule has 2 aromatic carbocycles. The van der Waals surface area contributed by atoms with E-state index < -0.39 is 0 Å². The number of benzene rings is 2. The van der Waals surface area contributed by atoms with Gasteiger partial charge in [0, 0.05) is 11.0 Å². The lowest BCUT2D eigenvalue weighted by atomic mass is 10.1. The summed E-state index contributed by atoms with van der Waals surface area (Å²) in [4.78, 5) is 11.9. The molecule has 0 aromatic heterocycles. The summed E-state index contributed by atoms with van der Waals surface area (Å²) in [5.74, 6) is 0.872. The maximum atomic E-state index is 11.9. The molecule has 0 saturated carbocycles. The average Bonchev–Trinajstić information content (AvgIpc) is 2.51. The summed E-state index contributed by atoms with van der Waals surface area (Å²) >= 11 is 3.51. The van der Waals surface area contributed by atoms with Crippen molar-refractivity contribution < 1.29 is 9.53 Å². The van der Waals surface area contributed by atoms with Gasteiger partial charge in [0.1, 0.15) is 5.75 Å². The fourth-order valence-electron chi connectivity index (χ4n) is 2.16. The molecule has 0 radical (unpaired) electrons. The Balaban J connectivity index is 1.77. The highest BCUT2D eigenvalue weighted by atomic mass is 79.9. The number of carbonyl (C=O) groups excluding carboxylic acids is 1. The second-order valence-corrected chi connectivity index (χ2v) is 5.80. The summed E-state index contributed by atoms with van der Waals surface area (Å²) in [6.45, 7) is 3.24. The Bertz CT molecular complexity index is 611. The summed E-state index contributed by atoms with van der Waals surface area (Å²) in [6.07, 6.45) is 1.21. The van der Waals surface area contributed by atoms with Gasteiger partial charge in [-0.3, -0.25) is 4.79 Å². The Hall–Kier alpha value is -1.81. The minimum absolute atomic E-state index is 0.0382. The molecule has 116 valence electrons. The van der Waals surface area contributed by atoms with E-state index in [0.29, 0.717) is 19.6 Å². The molecular weight excluding hydrogens is 342 g/mol. The third-order valence-electron chi connectivity index (χ3n) is 3.27. The lowest BCUT2D eigenvalue weighted by molar-refractivity contribution is -0.120. The molecule has 0 aliphatic carbocycles. The molecule has 1 N–H and O–H groups in total. The molecule has 22 heavy (non-hydrogen) atoms. The smallest absolute Gasteiger partial charge is 0.224 e. The van der Waals surface area contributed by atoms with E-state index in [1.807, 2.05) is 49.4 Å². The highest BCUT2D eigenvalue weighted by Gasteiger charge is 2.04. The van der Waals surface area contributed by atoms with Crippen molar-refractivity contribution in [1.82, 2.24) is 5.32 Å². The van der Waals surface area contributed by atoms with E-state index >= 15 is 0 Å². The van der Waals surface area contributed by atoms with E-state index in [4.69, 9.17) is 4.74 Å². The van der Waals surface area contributed by atoms with Crippen LogP contribution in [0.1, 0.15) is 18.1 Å². The Morgan fingerprint density at radius 1 is 1.14 bits per heavy atom. The number of hydrogen-bond donors (Lipinski definition) is 1. The molecule has 0 atom stereocenters. The highest BCUT2D eigenvalue weighted by molar-refractivity contribution is 9.10. The molecule has 0 aliphatic rings. The molecule has 4 heteroatoms.